The molecule has 2 aromatic rings. The van der Waals surface area contributed by atoms with Crippen LogP contribution in [0.25, 0.3) is 0 Å². The van der Waals surface area contributed by atoms with Gasteiger partial charge in [0.25, 0.3) is 0 Å². The molecule has 0 saturated heterocycles. The highest BCUT2D eigenvalue weighted by molar-refractivity contribution is 6.05. The summed E-state index contributed by atoms with van der Waals surface area (Å²) in [6.45, 7) is 11.8. The summed E-state index contributed by atoms with van der Waals surface area (Å²) in [4.78, 5) is 9.40. The summed E-state index contributed by atoms with van der Waals surface area (Å²) in [5, 5.41) is 0. The summed E-state index contributed by atoms with van der Waals surface area (Å²) in [5.41, 5.74) is 4.79. The van der Waals surface area contributed by atoms with Crippen LogP contribution < -0.4 is 0 Å². The van der Waals surface area contributed by atoms with Crippen molar-refractivity contribution in [2.45, 2.75) is 13.8 Å². The fraction of sp³-hybridized carbons (Fsp3) is 0.0833. The lowest BCUT2D eigenvalue weighted by molar-refractivity contribution is 1.31. The van der Waals surface area contributed by atoms with E-state index in [2.05, 4.69) is 37.2 Å². The maximum Gasteiger partial charge on any atom is 0.159 e. The van der Waals surface area contributed by atoms with Crippen LogP contribution in [0, 0.1) is 6.92 Å². The van der Waals surface area contributed by atoms with Crippen molar-refractivity contribution in [2.75, 3.05) is 0 Å². The first-order valence-corrected chi connectivity index (χ1v) is 8.53. The third-order valence-corrected chi connectivity index (χ3v) is 3.67. The third kappa shape index (κ3) is 5.67. The Morgan fingerprint density at radius 1 is 1.04 bits per heavy atom. The van der Waals surface area contributed by atoms with Crippen molar-refractivity contribution in [2.24, 2.45) is 9.98 Å². The molecule has 0 bridgehead atoms. The zero-order valence-corrected chi connectivity index (χ0v) is 15.4. The minimum absolute atomic E-state index is 0.647. The predicted molar refractivity (Wildman–Crippen MR) is 114 cm³/mol. The Hall–Kier alpha value is -3.26. The van der Waals surface area contributed by atoms with Crippen LogP contribution >= 0.6 is 0 Å². The smallest absolute Gasteiger partial charge is 0.159 e. The van der Waals surface area contributed by atoms with Gasteiger partial charge in [-0.2, -0.15) is 0 Å². The molecule has 0 atom stereocenters. The topological polar surface area (TPSA) is 24.7 Å². The van der Waals surface area contributed by atoms with Gasteiger partial charge in [0.1, 0.15) is 0 Å². The van der Waals surface area contributed by atoms with E-state index in [9.17, 15) is 0 Å². The van der Waals surface area contributed by atoms with Gasteiger partial charge in [0, 0.05) is 11.8 Å². The molecule has 0 aliphatic rings. The molecule has 2 aromatic carbocycles. The van der Waals surface area contributed by atoms with Crippen LogP contribution in [-0.4, -0.2) is 12.1 Å². The summed E-state index contributed by atoms with van der Waals surface area (Å²) < 4.78 is 0. The lowest BCUT2D eigenvalue weighted by Gasteiger charge is -2.05. The SMILES string of the molecule is C=C/C=C\C(=C)/C(=C/C)N=C(N=Cc1cccc(C)c1)c1ccccc1. The molecule has 0 aromatic heterocycles. The summed E-state index contributed by atoms with van der Waals surface area (Å²) in [6, 6.07) is 18.2. The van der Waals surface area contributed by atoms with Gasteiger partial charge in [-0.3, -0.25) is 0 Å². The van der Waals surface area contributed by atoms with E-state index in [1.807, 2.05) is 73.8 Å². The van der Waals surface area contributed by atoms with Crippen LogP contribution in [0.5, 0.6) is 0 Å². The molecule has 2 nitrogen and oxygen atoms in total. The molecular formula is C24H24N2. The summed E-state index contributed by atoms with van der Waals surface area (Å²) in [7, 11) is 0. The molecule has 0 fully saturated rings. The van der Waals surface area contributed by atoms with Crippen molar-refractivity contribution in [3.63, 3.8) is 0 Å². The highest BCUT2D eigenvalue weighted by Gasteiger charge is 2.04. The quantitative estimate of drug-likeness (QED) is 0.347. The van der Waals surface area contributed by atoms with Gasteiger partial charge < -0.3 is 0 Å². The molecule has 0 aliphatic heterocycles. The highest BCUT2D eigenvalue weighted by Crippen LogP contribution is 2.15. The molecule has 0 N–H and O–H groups in total. The van der Waals surface area contributed by atoms with Crippen molar-refractivity contribution < 1.29 is 0 Å². The Balaban J connectivity index is 2.42. The van der Waals surface area contributed by atoms with Crippen LogP contribution in [0.15, 0.2) is 113 Å². The average Bonchev–Trinajstić information content (AvgIpc) is 2.67. The largest absolute Gasteiger partial charge is 0.236 e. The van der Waals surface area contributed by atoms with E-state index in [-0.39, 0.29) is 0 Å². The first kappa shape index (κ1) is 19.1. The molecule has 0 saturated carbocycles. The molecule has 0 amide bonds. The van der Waals surface area contributed by atoms with E-state index < -0.39 is 0 Å². The Morgan fingerprint density at radius 2 is 1.81 bits per heavy atom. The van der Waals surface area contributed by atoms with Gasteiger partial charge in [-0.1, -0.05) is 97.6 Å². The monoisotopic (exact) mass is 340 g/mol. The number of aliphatic imine (C=N–C) groups is 2. The molecular weight excluding hydrogens is 316 g/mol. The van der Waals surface area contributed by atoms with Gasteiger partial charge >= 0.3 is 0 Å². The van der Waals surface area contributed by atoms with Crippen molar-refractivity contribution in [1.82, 2.24) is 0 Å². The number of benzene rings is 2. The number of aryl methyl sites for hydroxylation is 1. The molecule has 0 unspecified atom stereocenters. The summed E-state index contributed by atoms with van der Waals surface area (Å²) in [5.74, 6) is 0.647. The average molecular weight is 340 g/mol. The second-order valence-electron chi connectivity index (χ2n) is 5.77. The van der Waals surface area contributed by atoms with E-state index in [0.717, 1.165) is 22.4 Å². The minimum atomic E-state index is 0.647. The van der Waals surface area contributed by atoms with Gasteiger partial charge in [-0.15, -0.1) is 0 Å². The minimum Gasteiger partial charge on any atom is -0.236 e. The van der Waals surface area contributed by atoms with Gasteiger partial charge in [0.2, 0.25) is 0 Å². The molecule has 2 rings (SSSR count). The van der Waals surface area contributed by atoms with E-state index in [1.165, 1.54) is 5.56 Å². The molecule has 26 heavy (non-hydrogen) atoms. The van der Waals surface area contributed by atoms with E-state index in [4.69, 9.17) is 4.99 Å². The molecule has 2 heteroatoms. The normalized spacial score (nSPS) is 12.7. The van der Waals surface area contributed by atoms with Gasteiger partial charge in [0.05, 0.1) is 5.70 Å². The van der Waals surface area contributed by atoms with Crippen molar-refractivity contribution >= 4 is 12.1 Å². The second-order valence-corrected chi connectivity index (χ2v) is 5.77. The van der Waals surface area contributed by atoms with Crippen LogP contribution in [0.1, 0.15) is 23.6 Å². The predicted octanol–water partition coefficient (Wildman–Crippen LogP) is 6.06. The zero-order chi connectivity index (χ0) is 18.8. The van der Waals surface area contributed by atoms with E-state index in [1.54, 1.807) is 6.08 Å². The Morgan fingerprint density at radius 3 is 2.46 bits per heavy atom. The number of amidine groups is 1. The summed E-state index contributed by atoms with van der Waals surface area (Å²) >= 11 is 0. The lowest BCUT2D eigenvalue weighted by Crippen LogP contribution is -2.00. The molecule has 0 spiro atoms. The number of hydrogen-bond acceptors (Lipinski definition) is 1. The van der Waals surface area contributed by atoms with Crippen LogP contribution in [0.3, 0.4) is 0 Å². The van der Waals surface area contributed by atoms with E-state index in [0.29, 0.717) is 5.84 Å². The first-order valence-electron chi connectivity index (χ1n) is 8.53. The zero-order valence-electron chi connectivity index (χ0n) is 15.4. The van der Waals surface area contributed by atoms with Gasteiger partial charge in [-0.05, 0) is 25.0 Å². The standard InChI is InChI=1S/C24H24N2/c1-5-7-13-20(4)23(6-2)26-24(22-15-9-8-10-16-22)25-18-21-14-11-12-19(3)17-21/h5-18H,1,4H2,2-3H3/b13-7-,23-6-,25-18?,26-24?. The molecule has 0 aliphatic carbocycles. The van der Waals surface area contributed by atoms with Crippen LogP contribution in [0.2, 0.25) is 0 Å². The number of nitrogens with zero attached hydrogens (tertiary/aromatic N) is 2. The second kappa shape index (κ2) is 9.90. The van der Waals surface area contributed by atoms with Gasteiger partial charge in [0.15, 0.2) is 5.84 Å². The maximum absolute atomic E-state index is 4.75. The fourth-order valence-corrected chi connectivity index (χ4v) is 2.35. The van der Waals surface area contributed by atoms with Crippen molar-refractivity contribution in [1.29, 1.82) is 0 Å². The van der Waals surface area contributed by atoms with E-state index >= 15 is 0 Å². The molecule has 130 valence electrons. The number of rotatable bonds is 6. The fourth-order valence-electron chi connectivity index (χ4n) is 2.35. The Bertz CT molecular complexity index is 881. The highest BCUT2D eigenvalue weighted by atomic mass is 14.9. The van der Waals surface area contributed by atoms with Crippen molar-refractivity contribution in [3.05, 3.63) is 120 Å². The molecule has 0 radical (unpaired) electrons. The van der Waals surface area contributed by atoms with Crippen LogP contribution in [0.4, 0.5) is 0 Å². The van der Waals surface area contributed by atoms with Gasteiger partial charge in [-0.25, -0.2) is 9.98 Å². The molecule has 0 heterocycles. The number of hydrogen-bond donors (Lipinski definition) is 0. The first-order chi connectivity index (χ1) is 12.6. The Kier molecular flexibility index (Phi) is 7.26. The Labute approximate surface area is 156 Å². The summed E-state index contributed by atoms with van der Waals surface area (Å²) in [6.07, 6.45) is 9.23. The lowest BCUT2D eigenvalue weighted by atomic mass is 10.1. The third-order valence-electron chi connectivity index (χ3n) is 3.67. The number of allylic oxidation sites excluding steroid dienone is 4. The van der Waals surface area contributed by atoms with Crippen molar-refractivity contribution in [3.8, 4) is 0 Å². The van der Waals surface area contributed by atoms with Crippen LogP contribution in [-0.2, 0) is 0 Å². The maximum atomic E-state index is 4.75.